The average molecular weight is 296 g/mol. The van der Waals surface area contributed by atoms with Crippen molar-refractivity contribution in [2.24, 2.45) is 0 Å². The minimum Gasteiger partial charge on any atom is -0.313 e. The van der Waals surface area contributed by atoms with Crippen LogP contribution in [0.3, 0.4) is 0 Å². The first-order valence-electron chi connectivity index (χ1n) is 7.29. The Labute approximate surface area is 121 Å². The molecule has 2 N–H and O–H groups in total. The molecule has 1 aliphatic carbocycles. The Morgan fingerprint density at radius 1 is 1.10 bits per heavy atom. The predicted octanol–water partition coefficient (Wildman–Crippen LogP) is 1.71. The third-order valence-electron chi connectivity index (χ3n) is 3.77. The van der Waals surface area contributed by atoms with Gasteiger partial charge in [0, 0.05) is 31.9 Å². The summed E-state index contributed by atoms with van der Waals surface area (Å²) >= 11 is 0. The van der Waals surface area contributed by atoms with Gasteiger partial charge < -0.3 is 10.6 Å². The average Bonchev–Trinajstić information content (AvgIpc) is 2.91. The highest BCUT2D eigenvalue weighted by atomic mass is 32.2. The van der Waals surface area contributed by atoms with Crippen molar-refractivity contribution in [2.45, 2.75) is 43.2 Å². The molecule has 20 heavy (non-hydrogen) atoms. The number of nitrogens with one attached hydrogen (secondary N) is 2. The third-order valence-corrected chi connectivity index (χ3v) is 4.90. The molecule has 2 rings (SSSR count). The van der Waals surface area contributed by atoms with Crippen LogP contribution in [-0.4, -0.2) is 33.8 Å². The molecule has 0 aromatic heterocycles. The smallest absolute Gasteiger partial charge is 0.175 e. The van der Waals surface area contributed by atoms with E-state index in [1.165, 1.54) is 31.9 Å². The summed E-state index contributed by atoms with van der Waals surface area (Å²) in [5.74, 6) is 0. The number of hydrogen-bond acceptors (Lipinski definition) is 4. The molecule has 1 fully saturated rings. The summed E-state index contributed by atoms with van der Waals surface area (Å²) in [5.41, 5.74) is 1.11. The maximum Gasteiger partial charge on any atom is 0.175 e. The molecule has 0 aliphatic heterocycles. The fourth-order valence-corrected chi connectivity index (χ4v) is 3.21. The topological polar surface area (TPSA) is 58.2 Å². The van der Waals surface area contributed by atoms with Crippen LogP contribution in [-0.2, 0) is 16.4 Å². The minimum absolute atomic E-state index is 0.379. The van der Waals surface area contributed by atoms with E-state index in [2.05, 4.69) is 10.6 Å². The molecule has 0 radical (unpaired) electrons. The van der Waals surface area contributed by atoms with Crippen molar-refractivity contribution in [2.75, 3.05) is 19.3 Å². The van der Waals surface area contributed by atoms with E-state index in [0.29, 0.717) is 10.9 Å². The van der Waals surface area contributed by atoms with Crippen LogP contribution in [0.25, 0.3) is 0 Å². The lowest BCUT2D eigenvalue weighted by Crippen LogP contribution is -2.33. The van der Waals surface area contributed by atoms with E-state index in [4.69, 9.17) is 0 Å². The van der Waals surface area contributed by atoms with Gasteiger partial charge in [-0.1, -0.05) is 25.0 Å². The second-order valence-electron chi connectivity index (χ2n) is 5.53. The van der Waals surface area contributed by atoms with E-state index in [1.807, 2.05) is 12.1 Å². The highest BCUT2D eigenvalue weighted by Gasteiger charge is 2.13. The van der Waals surface area contributed by atoms with Crippen LogP contribution in [0.15, 0.2) is 29.2 Å². The summed E-state index contributed by atoms with van der Waals surface area (Å²) in [6, 6.07) is 7.79. The van der Waals surface area contributed by atoms with Crippen LogP contribution in [0.5, 0.6) is 0 Å². The molecule has 0 amide bonds. The van der Waals surface area contributed by atoms with E-state index in [-0.39, 0.29) is 0 Å². The van der Waals surface area contributed by atoms with Crippen LogP contribution < -0.4 is 10.6 Å². The van der Waals surface area contributed by atoms with E-state index in [9.17, 15) is 8.42 Å². The Morgan fingerprint density at radius 2 is 1.75 bits per heavy atom. The van der Waals surface area contributed by atoms with Gasteiger partial charge in [0.2, 0.25) is 0 Å². The number of sulfone groups is 1. The van der Waals surface area contributed by atoms with Gasteiger partial charge >= 0.3 is 0 Å². The van der Waals surface area contributed by atoms with E-state index < -0.39 is 9.84 Å². The van der Waals surface area contributed by atoms with Crippen LogP contribution >= 0.6 is 0 Å². The minimum atomic E-state index is -3.09. The van der Waals surface area contributed by atoms with Gasteiger partial charge in [-0.05, 0) is 30.5 Å². The lowest BCUT2D eigenvalue weighted by Gasteiger charge is -2.12. The first kappa shape index (κ1) is 15.5. The molecule has 0 unspecified atom stereocenters. The van der Waals surface area contributed by atoms with Crippen molar-refractivity contribution in [3.8, 4) is 0 Å². The normalized spacial score (nSPS) is 16.6. The summed E-state index contributed by atoms with van der Waals surface area (Å²) in [6.07, 6.45) is 6.57. The highest BCUT2D eigenvalue weighted by molar-refractivity contribution is 7.90. The molecule has 1 aromatic carbocycles. The maximum absolute atomic E-state index is 11.3. The third kappa shape index (κ3) is 4.89. The summed E-state index contributed by atoms with van der Waals surface area (Å²) in [6.45, 7) is 2.70. The number of rotatable bonds is 7. The van der Waals surface area contributed by atoms with Gasteiger partial charge in [-0.15, -0.1) is 0 Å². The van der Waals surface area contributed by atoms with Gasteiger partial charge in [-0.25, -0.2) is 8.42 Å². The van der Waals surface area contributed by atoms with Gasteiger partial charge in [0.15, 0.2) is 9.84 Å². The van der Waals surface area contributed by atoms with Crippen molar-refractivity contribution in [3.05, 3.63) is 29.8 Å². The molecule has 0 saturated heterocycles. The summed E-state index contributed by atoms with van der Waals surface area (Å²) in [5, 5.41) is 6.93. The number of hydrogen-bond donors (Lipinski definition) is 2. The highest BCUT2D eigenvalue weighted by Crippen LogP contribution is 2.17. The molecule has 0 atom stereocenters. The van der Waals surface area contributed by atoms with Crippen molar-refractivity contribution in [3.63, 3.8) is 0 Å². The van der Waals surface area contributed by atoms with Gasteiger partial charge in [0.05, 0.1) is 4.90 Å². The summed E-state index contributed by atoms with van der Waals surface area (Å²) < 4.78 is 22.7. The molecule has 0 heterocycles. The Bertz CT molecular complexity index is 505. The van der Waals surface area contributed by atoms with E-state index in [0.717, 1.165) is 25.2 Å². The van der Waals surface area contributed by atoms with Crippen LogP contribution in [0, 0.1) is 0 Å². The predicted molar refractivity (Wildman–Crippen MR) is 81.5 cm³/mol. The molecule has 1 aliphatic rings. The molecule has 1 aromatic rings. The standard InChI is InChI=1S/C15H24N2O2S/c1-20(18,19)15-8-6-13(7-9-15)12-16-10-11-17-14-4-2-3-5-14/h6-9,14,16-17H,2-5,10-12H2,1H3. The van der Waals surface area contributed by atoms with E-state index >= 15 is 0 Å². The van der Waals surface area contributed by atoms with Crippen molar-refractivity contribution >= 4 is 9.84 Å². The lowest BCUT2D eigenvalue weighted by atomic mass is 10.2. The van der Waals surface area contributed by atoms with Gasteiger partial charge in [0.25, 0.3) is 0 Å². The van der Waals surface area contributed by atoms with Crippen molar-refractivity contribution in [1.29, 1.82) is 0 Å². The van der Waals surface area contributed by atoms with E-state index in [1.54, 1.807) is 12.1 Å². The van der Waals surface area contributed by atoms with Crippen LogP contribution in [0.4, 0.5) is 0 Å². The molecular weight excluding hydrogens is 272 g/mol. The Hall–Kier alpha value is -0.910. The first-order chi connectivity index (χ1) is 9.55. The molecule has 0 bridgehead atoms. The Balaban J connectivity index is 1.66. The Kier molecular flexibility index (Phi) is 5.57. The molecule has 1 saturated carbocycles. The molecule has 112 valence electrons. The molecule has 5 heteroatoms. The summed E-state index contributed by atoms with van der Waals surface area (Å²) in [4.78, 5) is 0.379. The fourth-order valence-electron chi connectivity index (χ4n) is 2.58. The second-order valence-corrected chi connectivity index (χ2v) is 7.54. The Morgan fingerprint density at radius 3 is 2.35 bits per heavy atom. The zero-order chi connectivity index (χ0) is 14.4. The van der Waals surface area contributed by atoms with Crippen LogP contribution in [0.1, 0.15) is 31.2 Å². The second kappa shape index (κ2) is 7.20. The molecule has 0 spiro atoms. The van der Waals surface area contributed by atoms with Crippen molar-refractivity contribution < 1.29 is 8.42 Å². The summed E-state index contributed by atoms with van der Waals surface area (Å²) in [7, 11) is -3.09. The fraction of sp³-hybridized carbons (Fsp3) is 0.600. The zero-order valence-electron chi connectivity index (χ0n) is 12.1. The zero-order valence-corrected chi connectivity index (χ0v) is 12.9. The van der Waals surface area contributed by atoms with Gasteiger partial charge in [0.1, 0.15) is 0 Å². The SMILES string of the molecule is CS(=O)(=O)c1ccc(CNCCNC2CCCC2)cc1. The molecular formula is C15H24N2O2S. The van der Waals surface area contributed by atoms with Crippen molar-refractivity contribution in [1.82, 2.24) is 10.6 Å². The largest absolute Gasteiger partial charge is 0.313 e. The lowest BCUT2D eigenvalue weighted by molar-refractivity contribution is 0.509. The van der Waals surface area contributed by atoms with Gasteiger partial charge in [-0.3, -0.25) is 0 Å². The quantitative estimate of drug-likeness (QED) is 0.752. The maximum atomic E-state index is 11.3. The molecule has 4 nitrogen and oxygen atoms in total. The van der Waals surface area contributed by atoms with Gasteiger partial charge in [-0.2, -0.15) is 0 Å². The number of benzene rings is 1. The monoisotopic (exact) mass is 296 g/mol. The van der Waals surface area contributed by atoms with Crippen LogP contribution in [0.2, 0.25) is 0 Å². The first-order valence-corrected chi connectivity index (χ1v) is 9.18.